The van der Waals surface area contributed by atoms with Gasteiger partial charge in [0.05, 0.1) is 5.75 Å². The molecular weight excluding hydrogens is 491 g/mol. The fraction of sp³-hybridized carbons (Fsp3) is 0.219. The lowest BCUT2D eigenvalue weighted by Gasteiger charge is -2.39. The molecule has 1 atom stereocenters. The molecule has 4 aromatic carbocycles. The quantitative estimate of drug-likeness (QED) is 0.127. The Labute approximate surface area is 228 Å². The molecule has 0 spiro atoms. The number of carbonyl (C=O) groups excluding carboxylic acids is 1. The maximum Gasteiger partial charge on any atom is 0.647 e. The SMILES string of the molecule is CC(CC(c1ccccc1)(c1ccccc1)c1ccccc1)OB(O)OS(C)(C)CC(=O)c1ccccc1. The second kappa shape index (κ2) is 12.6. The lowest BCUT2D eigenvalue weighted by Crippen LogP contribution is -2.37. The average Bonchev–Trinajstić information content (AvgIpc) is 2.93. The average molecular weight is 527 g/mol. The van der Waals surface area contributed by atoms with Gasteiger partial charge in [-0.05, 0) is 42.5 Å². The molecule has 4 rings (SSSR count). The summed E-state index contributed by atoms with van der Waals surface area (Å²) in [5.74, 6) is 0.190. The van der Waals surface area contributed by atoms with Gasteiger partial charge in [-0.25, -0.2) is 0 Å². The van der Waals surface area contributed by atoms with E-state index in [-0.39, 0.29) is 17.6 Å². The van der Waals surface area contributed by atoms with Crippen molar-refractivity contribution in [3.8, 4) is 0 Å². The Morgan fingerprint density at radius 3 is 1.58 bits per heavy atom. The van der Waals surface area contributed by atoms with Crippen molar-refractivity contribution >= 4 is 23.4 Å². The van der Waals surface area contributed by atoms with E-state index in [4.69, 9.17) is 8.75 Å². The summed E-state index contributed by atoms with van der Waals surface area (Å²) in [7, 11) is -3.34. The Kier molecular flexibility index (Phi) is 9.24. The van der Waals surface area contributed by atoms with Gasteiger partial charge < -0.3 is 13.8 Å². The van der Waals surface area contributed by atoms with Crippen LogP contribution in [0.2, 0.25) is 0 Å². The Morgan fingerprint density at radius 2 is 1.16 bits per heavy atom. The molecule has 1 N–H and O–H groups in total. The van der Waals surface area contributed by atoms with Gasteiger partial charge in [-0.3, -0.25) is 4.79 Å². The number of hydrogen-bond acceptors (Lipinski definition) is 4. The van der Waals surface area contributed by atoms with Gasteiger partial charge >= 0.3 is 7.32 Å². The molecule has 4 aromatic rings. The highest BCUT2D eigenvalue weighted by Crippen LogP contribution is 2.45. The summed E-state index contributed by atoms with van der Waals surface area (Å²) in [6, 6.07) is 40.4. The normalized spacial score (nSPS) is 13.1. The summed E-state index contributed by atoms with van der Waals surface area (Å²) < 4.78 is 12.0. The summed E-state index contributed by atoms with van der Waals surface area (Å²) in [6.07, 6.45) is 3.94. The zero-order valence-corrected chi connectivity index (χ0v) is 23.0. The first-order valence-electron chi connectivity index (χ1n) is 12.8. The molecular formula is C32H35BO4S. The molecule has 0 amide bonds. The Balaban J connectivity index is 1.56. The number of Topliss-reactive ketones (excluding diaryl/α,β-unsaturated/α-hetero) is 1. The second-order valence-electron chi connectivity index (χ2n) is 9.93. The number of benzene rings is 4. The van der Waals surface area contributed by atoms with Crippen molar-refractivity contribution in [2.24, 2.45) is 0 Å². The number of ketones is 1. The Bertz CT molecular complexity index is 1190. The van der Waals surface area contributed by atoms with E-state index in [1.807, 2.05) is 55.8 Å². The van der Waals surface area contributed by atoms with Crippen LogP contribution in [0.4, 0.5) is 0 Å². The van der Waals surface area contributed by atoms with Gasteiger partial charge in [-0.15, -0.1) is 10.3 Å². The smallest absolute Gasteiger partial charge is 0.401 e. The molecule has 0 saturated heterocycles. The molecule has 38 heavy (non-hydrogen) atoms. The van der Waals surface area contributed by atoms with Crippen molar-refractivity contribution < 1.29 is 18.6 Å². The van der Waals surface area contributed by atoms with Crippen LogP contribution >= 0.6 is 10.3 Å². The molecule has 0 aromatic heterocycles. The third kappa shape index (κ3) is 6.83. The van der Waals surface area contributed by atoms with Crippen LogP contribution in [0.1, 0.15) is 40.4 Å². The van der Waals surface area contributed by atoms with Gasteiger partial charge in [0.2, 0.25) is 0 Å². The number of carbonyl (C=O) groups is 1. The van der Waals surface area contributed by atoms with Crippen LogP contribution in [0.3, 0.4) is 0 Å². The topological polar surface area (TPSA) is 55.8 Å². The highest BCUT2D eigenvalue weighted by Gasteiger charge is 2.39. The summed E-state index contributed by atoms with van der Waals surface area (Å²) in [5.41, 5.74) is 3.56. The van der Waals surface area contributed by atoms with Crippen molar-refractivity contribution in [1.82, 2.24) is 0 Å². The van der Waals surface area contributed by atoms with Crippen LogP contribution in [0.15, 0.2) is 121 Å². The van der Waals surface area contributed by atoms with Crippen molar-refractivity contribution in [1.29, 1.82) is 0 Å². The minimum absolute atomic E-state index is 0.0119. The fourth-order valence-electron chi connectivity index (χ4n) is 5.00. The molecule has 6 heteroatoms. The van der Waals surface area contributed by atoms with E-state index in [0.717, 1.165) is 16.7 Å². The first-order valence-corrected chi connectivity index (χ1v) is 15.3. The monoisotopic (exact) mass is 526 g/mol. The van der Waals surface area contributed by atoms with Crippen LogP contribution in [0.5, 0.6) is 0 Å². The van der Waals surface area contributed by atoms with E-state index in [1.165, 1.54) is 0 Å². The van der Waals surface area contributed by atoms with Crippen LogP contribution < -0.4 is 0 Å². The van der Waals surface area contributed by atoms with E-state index in [1.54, 1.807) is 12.1 Å². The molecule has 0 aliphatic carbocycles. The molecule has 4 nitrogen and oxygen atoms in total. The number of rotatable bonds is 12. The summed E-state index contributed by atoms with van der Waals surface area (Å²) in [6.45, 7) is 1.95. The standard InChI is InChI=1S/C32H35BO4S/c1-26(36-33(35)37-38(2,3)25-31(34)27-16-8-4-9-17-27)24-32(28-18-10-5-11-19-28,29-20-12-6-13-21-29)30-22-14-7-15-23-30/h4-23,26,35H,24-25H2,1-3H3. The second-order valence-corrected chi connectivity index (χ2v) is 13.3. The van der Waals surface area contributed by atoms with Gasteiger partial charge in [-0.2, -0.15) is 0 Å². The maximum atomic E-state index is 12.7. The van der Waals surface area contributed by atoms with E-state index in [0.29, 0.717) is 12.0 Å². The predicted octanol–water partition coefficient (Wildman–Crippen LogP) is 6.67. The van der Waals surface area contributed by atoms with Crippen LogP contribution in [-0.2, 0) is 14.2 Å². The van der Waals surface area contributed by atoms with Crippen molar-refractivity contribution in [2.75, 3.05) is 18.3 Å². The van der Waals surface area contributed by atoms with E-state index in [2.05, 4.69) is 72.8 Å². The highest BCUT2D eigenvalue weighted by molar-refractivity contribution is 8.29. The molecule has 0 saturated carbocycles. The molecule has 0 radical (unpaired) electrons. The molecule has 0 fully saturated rings. The van der Waals surface area contributed by atoms with Gasteiger partial charge in [0.15, 0.2) is 5.78 Å². The number of hydrogen-bond donors (Lipinski definition) is 1. The molecule has 1 unspecified atom stereocenters. The molecule has 196 valence electrons. The maximum absolute atomic E-state index is 12.7. The molecule has 0 heterocycles. The molecule has 0 bridgehead atoms. The minimum atomic E-state index is -1.90. The van der Waals surface area contributed by atoms with Crippen molar-refractivity contribution in [3.05, 3.63) is 144 Å². The predicted molar refractivity (Wildman–Crippen MR) is 159 cm³/mol. The van der Waals surface area contributed by atoms with Crippen LogP contribution in [-0.4, -0.2) is 42.5 Å². The van der Waals surface area contributed by atoms with E-state index >= 15 is 0 Å². The van der Waals surface area contributed by atoms with Crippen LogP contribution in [0.25, 0.3) is 0 Å². The van der Waals surface area contributed by atoms with E-state index in [9.17, 15) is 9.82 Å². The van der Waals surface area contributed by atoms with Gasteiger partial charge in [0.25, 0.3) is 0 Å². The van der Waals surface area contributed by atoms with Crippen LogP contribution in [0, 0.1) is 0 Å². The lowest BCUT2D eigenvalue weighted by molar-refractivity contribution is 0.101. The Morgan fingerprint density at radius 1 is 0.763 bits per heavy atom. The van der Waals surface area contributed by atoms with E-state index < -0.39 is 23.0 Å². The largest absolute Gasteiger partial charge is 0.647 e. The van der Waals surface area contributed by atoms with Gasteiger partial charge in [-0.1, -0.05) is 121 Å². The lowest BCUT2D eigenvalue weighted by atomic mass is 9.66. The zero-order chi connectivity index (χ0) is 27.0. The fourth-order valence-corrected chi connectivity index (χ4v) is 6.36. The molecule has 0 aliphatic heterocycles. The minimum Gasteiger partial charge on any atom is -0.401 e. The summed E-state index contributed by atoms with van der Waals surface area (Å²) >= 11 is 0. The molecule has 0 aliphatic rings. The first-order chi connectivity index (χ1) is 18.3. The van der Waals surface area contributed by atoms with Crippen molar-refractivity contribution in [3.63, 3.8) is 0 Å². The van der Waals surface area contributed by atoms with Gasteiger partial charge in [0.1, 0.15) is 0 Å². The third-order valence-corrected chi connectivity index (χ3v) is 8.30. The summed E-state index contributed by atoms with van der Waals surface area (Å²) in [4.78, 5) is 12.7. The Hall–Kier alpha value is -3.16. The van der Waals surface area contributed by atoms with Gasteiger partial charge in [0, 0.05) is 17.1 Å². The first kappa shape index (κ1) is 27.9. The third-order valence-electron chi connectivity index (χ3n) is 6.66. The van der Waals surface area contributed by atoms with Crippen molar-refractivity contribution in [2.45, 2.75) is 24.9 Å². The zero-order valence-electron chi connectivity index (χ0n) is 22.2. The summed E-state index contributed by atoms with van der Waals surface area (Å²) in [5, 5.41) is 10.8. The highest BCUT2D eigenvalue weighted by atomic mass is 32.3.